The molecule has 0 saturated heterocycles. The molecule has 1 heterocycles. The summed E-state index contributed by atoms with van der Waals surface area (Å²) in [6, 6.07) is 8.18. The quantitative estimate of drug-likeness (QED) is 0.899. The average Bonchev–Trinajstić information content (AvgIpc) is 2.70. The summed E-state index contributed by atoms with van der Waals surface area (Å²) in [5, 5.41) is 8.79. The van der Waals surface area contributed by atoms with Crippen LogP contribution in [0.15, 0.2) is 30.5 Å². The van der Waals surface area contributed by atoms with Gasteiger partial charge in [0.1, 0.15) is 12.4 Å². The van der Waals surface area contributed by atoms with Gasteiger partial charge in [0.25, 0.3) is 0 Å². The van der Waals surface area contributed by atoms with E-state index in [-0.39, 0.29) is 6.54 Å². The summed E-state index contributed by atoms with van der Waals surface area (Å²) in [6.07, 6.45) is 2.79. The minimum Gasteiger partial charge on any atom is -0.480 e. The summed E-state index contributed by atoms with van der Waals surface area (Å²) in [5.41, 5.74) is 3.11. The molecule has 2 rings (SSSR count). The van der Waals surface area contributed by atoms with Crippen LogP contribution in [0.2, 0.25) is 0 Å². The minimum atomic E-state index is -0.858. The minimum absolute atomic E-state index is 0.0497. The summed E-state index contributed by atoms with van der Waals surface area (Å²) < 4.78 is 1.64. The lowest BCUT2D eigenvalue weighted by molar-refractivity contribution is -0.137. The number of imidazole rings is 1. The van der Waals surface area contributed by atoms with Gasteiger partial charge < -0.3 is 9.67 Å². The Kier molecular flexibility index (Phi) is 3.46. The summed E-state index contributed by atoms with van der Waals surface area (Å²) in [7, 11) is 0. The second kappa shape index (κ2) is 5.04. The average molecular weight is 244 g/mol. The van der Waals surface area contributed by atoms with E-state index in [4.69, 9.17) is 5.11 Å². The molecule has 0 saturated carbocycles. The van der Waals surface area contributed by atoms with E-state index in [0.717, 1.165) is 17.7 Å². The van der Waals surface area contributed by atoms with Crippen molar-refractivity contribution >= 4 is 5.97 Å². The van der Waals surface area contributed by atoms with Crippen molar-refractivity contribution in [2.75, 3.05) is 0 Å². The zero-order chi connectivity index (χ0) is 13.1. The fourth-order valence-corrected chi connectivity index (χ4v) is 1.86. The lowest BCUT2D eigenvalue weighted by Gasteiger charge is -1.99. The summed E-state index contributed by atoms with van der Waals surface area (Å²) in [4.78, 5) is 15.1. The molecule has 1 N–H and O–H groups in total. The molecule has 1 aromatic heterocycles. The Bertz CT molecular complexity index is 556. The van der Waals surface area contributed by atoms with Gasteiger partial charge in [0, 0.05) is 11.8 Å². The van der Waals surface area contributed by atoms with Crippen LogP contribution in [0.3, 0.4) is 0 Å². The normalized spacial score (nSPS) is 10.6. The monoisotopic (exact) mass is 244 g/mol. The lowest BCUT2D eigenvalue weighted by Crippen LogP contribution is -2.08. The third-order valence-electron chi connectivity index (χ3n) is 2.94. The number of aliphatic carboxylic acids is 1. The highest BCUT2D eigenvalue weighted by atomic mass is 16.4. The van der Waals surface area contributed by atoms with Gasteiger partial charge >= 0.3 is 5.97 Å². The van der Waals surface area contributed by atoms with E-state index in [2.05, 4.69) is 24.0 Å². The second-order valence-corrected chi connectivity index (χ2v) is 4.25. The predicted octanol–water partition coefficient (Wildman–Crippen LogP) is 2.51. The van der Waals surface area contributed by atoms with Crippen molar-refractivity contribution in [1.29, 1.82) is 0 Å². The largest absolute Gasteiger partial charge is 0.480 e. The van der Waals surface area contributed by atoms with Crippen LogP contribution in [0, 0.1) is 6.92 Å². The molecule has 18 heavy (non-hydrogen) atoms. The Morgan fingerprint density at radius 3 is 2.56 bits per heavy atom. The van der Waals surface area contributed by atoms with Crippen molar-refractivity contribution in [3.05, 3.63) is 41.9 Å². The van der Waals surface area contributed by atoms with Gasteiger partial charge in [0.2, 0.25) is 0 Å². The number of aromatic nitrogens is 2. The molecular weight excluding hydrogens is 228 g/mol. The standard InChI is InChI=1S/C14H16N2O2/c1-3-11-4-6-12(7-5-11)13-8-16(9-14(17)18)10(2)15-13/h4-8H,3,9H2,1-2H3,(H,17,18). The molecule has 1 aromatic carbocycles. The maximum atomic E-state index is 10.7. The number of rotatable bonds is 4. The number of carboxylic acid groups (broad SMARTS) is 1. The van der Waals surface area contributed by atoms with Crippen molar-refractivity contribution in [3.63, 3.8) is 0 Å². The van der Waals surface area contributed by atoms with Gasteiger partial charge in [-0.05, 0) is 18.9 Å². The maximum absolute atomic E-state index is 10.7. The van der Waals surface area contributed by atoms with Crippen LogP contribution in [-0.2, 0) is 17.8 Å². The highest BCUT2D eigenvalue weighted by molar-refractivity contribution is 5.67. The smallest absolute Gasteiger partial charge is 0.323 e. The molecule has 94 valence electrons. The molecule has 0 spiro atoms. The number of carbonyl (C=O) groups is 1. The molecule has 0 atom stereocenters. The zero-order valence-corrected chi connectivity index (χ0v) is 10.6. The molecule has 0 fully saturated rings. The Morgan fingerprint density at radius 1 is 1.33 bits per heavy atom. The van der Waals surface area contributed by atoms with Gasteiger partial charge in [-0.3, -0.25) is 4.79 Å². The van der Waals surface area contributed by atoms with Crippen molar-refractivity contribution in [2.45, 2.75) is 26.8 Å². The molecule has 0 radical (unpaired) electrons. The van der Waals surface area contributed by atoms with Crippen molar-refractivity contribution in [2.24, 2.45) is 0 Å². The highest BCUT2D eigenvalue weighted by Crippen LogP contribution is 2.19. The van der Waals surface area contributed by atoms with Gasteiger partial charge in [0.15, 0.2) is 0 Å². The Labute approximate surface area is 106 Å². The van der Waals surface area contributed by atoms with Crippen LogP contribution in [0.1, 0.15) is 18.3 Å². The molecular formula is C14H16N2O2. The first-order valence-corrected chi connectivity index (χ1v) is 5.95. The van der Waals surface area contributed by atoms with Crippen LogP contribution in [0.4, 0.5) is 0 Å². The summed E-state index contributed by atoms with van der Waals surface area (Å²) in [6.45, 7) is 3.87. The molecule has 4 heteroatoms. The highest BCUT2D eigenvalue weighted by Gasteiger charge is 2.08. The lowest BCUT2D eigenvalue weighted by atomic mass is 10.1. The molecule has 0 amide bonds. The SMILES string of the molecule is CCc1ccc(-c2cn(CC(=O)O)c(C)n2)cc1. The van der Waals surface area contributed by atoms with E-state index in [1.54, 1.807) is 10.8 Å². The third-order valence-corrected chi connectivity index (χ3v) is 2.94. The molecule has 0 aliphatic rings. The van der Waals surface area contributed by atoms with Crippen molar-refractivity contribution in [1.82, 2.24) is 9.55 Å². The van der Waals surface area contributed by atoms with E-state index < -0.39 is 5.97 Å². The first kappa shape index (κ1) is 12.4. The van der Waals surface area contributed by atoms with E-state index in [1.165, 1.54) is 5.56 Å². The van der Waals surface area contributed by atoms with Crippen LogP contribution in [0.25, 0.3) is 11.3 Å². The number of benzene rings is 1. The summed E-state index contributed by atoms with van der Waals surface area (Å²) in [5.74, 6) is -0.143. The second-order valence-electron chi connectivity index (χ2n) is 4.25. The number of aryl methyl sites for hydroxylation is 2. The molecule has 4 nitrogen and oxygen atoms in total. The Hall–Kier alpha value is -2.10. The van der Waals surface area contributed by atoms with E-state index in [9.17, 15) is 4.79 Å². The van der Waals surface area contributed by atoms with Gasteiger partial charge in [-0.2, -0.15) is 0 Å². The molecule has 2 aromatic rings. The van der Waals surface area contributed by atoms with Gasteiger partial charge in [-0.15, -0.1) is 0 Å². The van der Waals surface area contributed by atoms with Crippen molar-refractivity contribution < 1.29 is 9.90 Å². The van der Waals surface area contributed by atoms with Gasteiger partial charge in [-0.25, -0.2) is 4.98 Å². The molecule has 0 unspecified atom stereocenters. The first-order chi connectivity index (χ1) is 8.60. The van der Waals surface area contributed by atoms with Crippen LogP contribution in [-0.4, -0.2) is 20.6 Å². The number of hydrogen-bond acceptors (Lipinski definition) is 2. The van der Waals surface area contributed by atoms with Crippen LogP contribution < -0.4 is 0 Å². The van der Waals surface area contributed by atoms with Crippen molar-refractivity contribution in [3.8, 4) is 11.3 Å². The Morgan fingerprint density at radius 2 is 2.00 bits per heavy atom. The fourth-order valence-electron chi connectivity index (χ4n) is 1.86. The zero-order valence-electron chi connectivity index (χ0n) is 10.6. The maximum Gasteiger partial charge on any atom is 0.323 e. The van der Waals surface area contributed by atoms with Gasteiger partial charge in [-0.1, -0.05) is 31.2 Å². The molecule has 0 bridgehead atoms. The molecule has 0 aliphatic heterocycles. The Balaban J connectivity index is 2.30. The van der Waals surface area contributed by atoms with E-state index in [0.29, 0.717) is 5.82 Å². The van der Waals surface area contributed by atoms with Gasteiger partial charge in [0.05, 0.1) is 5.69 Å². The van der Waals surface area contributed by atoms with Crippen LogP contribution >= 0.6 is 0 Å². The molecule has 0 aliphatic carbocycles. The van der Waals surface area contributed by atoms with Crippen LogP contribution in [0.5, 0.6) is 0 Å². The van der Waals surface area contributed by atoms with E-state index in [1.807, 2.05) is 19.1 Å². The number of carboxylic acids is 1. The van der Waals surface area contributed by atoms with E-state index >= 15 is 0 Å². The number of nitrogens with zero attached hydrogens (tertiary/aromatic N) is 2. The fraction of sp³-hybridized carbons (Fsp3) is 0.286. The predicted molar refractivity (Wildman–Crippen MR) is 69.4 cm³/mol. The topological polar surface area (TPSA) is 55.1 Å². The first-order valence-electron chi connectivity index (χ1n) is 5.95. The third kappa shape index (κ3) is 2.59. The summed E-state index contributed by atoms with van der Waals surface area (Å²) >= 11 is 0. The number of hydrogen-bond donors (Lipinski definition) is 1.